The minimum Gasteiger partial charge on any atom is -0.490 e. The Morgan fingerprint density at radius 1 is 1.00 bits per heavy atom. The average Bonchev–Trinajstić information content (AvgIpc) is 2.49. The van der Waals surface area contributed by atoms with Crippen LogP contribution in [0.15, 0.2) is 24.8 Å². The smallest absolute Gasteiger partial charge is 0.490 e. The number of rotatable bonds is 11. The van der Waals surface area contributed by atoms with Crippen molar-refractivity contribution in [3.63, 3.8) is 0 Å². The molecule has 22 heavy (non-hydrogen) atoms. The molecule has 0 aromatic heterocycles. The lowest BCUT2D eigenvalue weighted by Crippen LogP contribution is -2.33. The Balaban J connectivity index is 2.25. The highest BCUT2D eigenvalue weighted by molar-refractivity contribution is 6.58. The van der Waals surface area contributed by atoms with E-state index in [1.165, 1.54) is 12.5 Å². The third-order valence-corrected chi connectivity index (χ3v) is 3.42. The Kier molecular flexibility index (Phi) is 8.78. The zero-order chi connectivity index (χ0) is 16.4. The molecule has 1 aromatic carbocycles. The van der Waals surface area contributed by atoms with E-state index in [9.17, 15) is 8.78 Å². The normalized spacial score (nSPS) is 10.5. The Morgan fingerprint density at radius 3 is 2.27 bits per heavy atom. The van der Waals surface area contributed by atoms with Crippen LogP contribution in [-0.2, 0) is 0 Å². The molecule has 0 bridgehead atoms. The van der Waals surface area contributed by atoms with Crippen molar-refractivity contribution in [1.29, 1.82) is 0 Å². The molecule has 6 heteroatoms. The molecule has 0 aliphatic carbocycles. The minimum atomic E-state index is -2.04. The zero-order valence-corrected chi connectivity index (χ0v) is 12.7. The first-order valence-corrected chi connectivity index (χ1v) is 7.65. The first kappa shape index (κ1) is 18.7. The number of hydrogen-bond donors (Lipinski definition) is 2. The van der Waals surface area contributed by atoms with Crippen molar-refractivity contribution in [2.24, 2.45) is 0 Å². The van der Waals surface area contributed by atoms with Crippen molar-refractivity contribution in [3.8, 4) is 5.75 Å². The lowest BCUT2D eigenvalue weighted by molar-refractivity contribution is 0.285. The summed E-state index contributed by atoms with van der Waals surface area (Å²) in [6, 6.07) is 2.32. The van der Waals surface area contributed by atoms with Gasteiger partial charge in [-0.05, 0) is 25.3 Å². The molecule has 0 spiro atoms. The second-order valence-electron chi connectivity index (χ2n) is 5.20. The summed E-state index contributed by atoms with van der Waals surface area (Å²) in [4.78, 5) is 0. The highest BCUT2D eigenvalue weighted by Crippen LogP contribution is 2.19. The largest absolute Gasteiger partial charge is 0.491 e. The molecular formula is C16H23BF2O3. The summed E-state index contributed by atoms with van der Waals surface area (Å²) in [5, 5.41) is 17.7. The molecular weight excluding hydrogens is 289 g/mol. The Hall–Kier alpha value is -1.40. The minimum absolute atomic E-state index is 0.201. The number of allylic oxidation sites excluding steroid dienone is 1. The summed E-state index contributed by atoms with van der Waals surface area (Å²) < 4.78 is 32.4. The van der Waals surface area contributed by atoms with Crippen LogP contribution in [0.1, 0.15) is 44.9 Å². The molecule has 1 rings (SSSR count). The second kappa shape index (κ2) is 10.4. The molecule has 0 aliphatic rings. The number of hydrogen-bond acceptors (Lipinski definition) is 3. The van der Waals surface area contributed by atoms with E-state index in [2.05, 4.69) is 6.58 Å². The van der Waals surface area contributed by atoms with Crippen LogP contribution < -0.4 is 10.2 Å². The fraction of sp³-hybridized carbons (Fsp3) is 0.500. The summed E-state index contributed by atoms with van der Waals surface area (Å²) in [6.45, 7) is 3.98. The second-order valence-corrected chi connectivity index (χ2v) is 5.20. The number of benzene rings is 1. The van der Waals surface area contributed by atoms with Gasteiger partial charge in [0.05, 0.1) is 6.61 Å². The summed E-state index contributed by atoms with van der Waals surface area (Å²) in [5.74, 6) is -2.67. The van der Waals surface area contributed by atoms with Gasteiger partial charge in [-0.15, -0.1) is 6.58 Å². The van der Waals surface area contributed by atoms with Crippen LogP contribution in [0, 0.1) is 11.6 Å². The summed E-state index contributed by atoms with van der Waals surface area (Å²) in [5.41, 5.74) is -0.496. The van der Waals surface area contributed by atoms with Gasteiger partial charge in [0.15, 0.2) is 17.4 Å². The molecule has 1 aromatic rings. The fourth-order valence-corrected chi connectivity index (χ4v) is 2.14. The van der Waals surface area contributed by atoms with E-state index in [1.807, 2.05) is 6.08 Å². The monoisotopic (exact) mass is 312 g/mol. The van der Waals surface area contributed by atoms with Crippen molar-refractivity contribution >= 4 is 12.6 Å². The standard InChI is InChI=1S/C16H23BF2O3/c1-2-3-4-5-6-7-8-9-12-22-14-11-10-13(17(20)21)15(18)16(14)19/h2,10-11,20-21H,1,3-9,12H2. The molecule has 0 saturated carbocycles. The van der Waals surface area contributed by atoms with Gasteiger partial charge in [0.2, 0.25) is 0 Å². The fourth-order valence-electron chi connectivity index (χ4n) is 2.14. The molecule has 0 saturated heterocycles. The molecule has 3 nitrogen and oxygen atoms in total. The lowest BCUT2D eigenvalue weighted by Gasteiger charge is -2.10. The topological polar surface area (TPSA) is 49.7 Å². The van der Waals surface area contributed by atoms with E-state index >= 15 is 0 Å². The third kappa shape index (κ3) is 6.16. The predicted octanol–water partition coefficient (Wildman–Crippen LogP) is 2.94. The molecule has 0 atom stereocenters. The molecule has 122 valence electrons. The van der Waals surface area contributed by atoms with Gasteiger partial charge in [0.25, 0.3) is 0 Å². The van der Waals surface area contributed by atoms with Crippen molar-refractivity contribution in [2.45, 2.75) is 44.9 Å². The predicted molar refractivity (Wildman–Crippen MR) is 84.2 cm³/mol. The first-order valence-electron chi connectivity index (χ1n) is 7.65. The molecule has 0 heterocycles. The first-order chi connectivity index (χ1) is 10.6. The van der Waals surface area contributed by atoms with Crippen LogP contribution in [-0.4, -0.2) is 23.8 Å². The molecule has 2 N–H and O–H groups in total. The van der Waals surface area contributed by atoms with Gasteiger partial charge in [-0.1, -0.05) is 37.8 Å². The van der Waals surface area contributed by atoms with Gasteiger partial charge < -0.3 is 14.8 Å². The SMILES string of the molecule is C=CCCCCCCCCOc1ccc(B(O)O)c(F)c1F. The van der Waals surface area contributed by atoms with E-state index in [0.29, 0.717) is 6.61 Å². The number of halogens is 2. The molecule has 0 unspecified atom stereocenters. The van der Waals surface area contributed by atoms with E-state index < -0.39 is 24.2 Å². The number of unbranched alkanes of at least 4 members (excludes halogenated alkanes) is 6. The Morgan fingerprint density at radius 2 is 1.64 bits per heavy atom. The zero-order valence-electron chi connectivity index (χ0n) is 12.7. The van der Waals surface area contributed by atoms with E-state index in [4.69, 9.17) is 14.8 Å². The van der Waals surface area contributed by atoms with Crippen molar-refractivity contribution in [1.82, 2.24) is 0 Å². The maximum Gasteiger partial charge on any atom is 0.491 e. The molecule has 0 radical (unpaired) electrons. The summed E-state index contributed by atoms with van der Waals surface area (Å²) in [7, 11) is -2.04. The van der Waals surface area contributed by atoms with Crippen LogP contribution >= 0.6 is 0 Å². The Labute approximate surface area is 130 Å². The average molecular weight is 312 g/mol. The van der Waals surface area contributed by atoms with E-state index in [0.717, 1.165) is 44.6 Å². The van der Waals surface area contributed by atoms with E-state index in [-0.39, 0.29) is 5.75 Å². The summed E-state index contributed by atoms with van der Waals surface area (Å²) in [6.07, 6.45) is 9.30. The maximum absolute atomic E-state index is 13.6. The lowest BCUT2D eigenvalue weighted by atomic mass is 9.80. The third-order valence-electron chi connectivity index (χ3n) is 3.42. The van der Waals surface area contributed by atoms with Crippen LogP contribution in [0.3, 0.4) is 0 Å². The summed E-state index contributed by atoms with van der Waals surface area (Å²) >= 11 is 0. The molecule has 0 amide bonds. The van der Waals surface area contributed by atoms with Crippen LogP contribution in [0.2, 0.25) is 0 Å². The van der Waals surface area contributed by atoms with Gasteiger partial charge in [0.1, 0.15) is 0 Å². The van der Waals surface area contributed by atoms with Crippen LogP contribution in [0.5, 0.6) is 5.75 Å². The highest BCUT2D eigenvalue weighted by Gasteiger charge is 2.22. The molecule has 0 aliphatic heterocycles. The van der Waals surface area contributed by atoms with Gasteiger partial charge in [-0.25, -0.2) is 4.39 Å². The highest BCUT2D eigenvalue weighted by atomic mass is 19.2. The van der Waals surface area contributed by atoms with Gasteiger partial charge in [-0.2, -0.15) is 4.39 Å². The van der Waals surface area contributed by atoms with Gasteiger partial charge >= 0.3 is 7.12 Å². The van der Waals surface area contributed by atoms with Gasteiger partial charge in [-0.3, -0.25) is 0 Å². The number of ether oxygens (including phenoxy) is 1. The van der Waals surface area contributed by atoms with Crippen LogP contribution in [0.25, 0.3) is 0 Å². The van der Waals surface area contributed by atoms with Crippen molar-refractivity contribution < 1.29 is 23.6 Å². The van der Waals surface area contributed by atoms with E-state index in [1.54, 1.807) is 0 Å². The Bertz CT molecular complexity index is 467. The van der Waals surface area contributed by atoms with Gasteiger partial charge in [0, 0.05) is 5.46 Å². The van der Waals surface area contributed by atoms with Crippen molar-refractivity contribution in [2.75, 3.05) is 6.61 Å². The van der Waals surface area contributed by atoms with Crippen LogP contribution in [0.4, 0.5) is 8.78 Å². The quantitative estimate of drug-likeness (QED) is 0.375. The maximum atomic E-state index is 13.6. The van der Waals surface area contributed by atoms with Crippen molar-refractivity contribution in [3.05, 3.63) is 36.4 Å². The molecule has 0 fully saturated rings.